The second-order valence-corrected chi connectivity index (χ2v) is 4.78. The largest absolute Gasteiger partial charge is 0.497 e. The summed E-state index contributed by atoms with van der Waals surface area (Å²) >= 11 is 0. The average molecular weight is 276 g/mol. The Morgan fingerprint density at radius 1 is 0.714 bits per heavy atom. The van der Waals surface area contributed by atoms with Gasteiger partial charge in [0.05, 0.1) is 7.11 Å². The first-order chi connectivity index (χ1) is 10.3. The Labute approximate surface area is 124 Å². The zero-order valence-corrected chi connectivity index (χ0v) is 11.8. The van der Waals surface area contributed by atoms with Crippen LogP contribution in [0.3, 0.4) is 0 Å². The number of ether oxygens (including phenoxy) is 1. The van der Waals surface area contributed by atoms with Crippen LogP contribution in [0.25, 0.3) is 22.3 Å². The maximum absolute atomic E-state index is 5.61. The minimum Gasteiger partial charge on any atom is -0.497 e. The predicted molar refractivity (Wildman–Crippen MR) is 86.1 cm³/mol. The van der Waals surface area contributed by atoms with Gasteiger partial charge in [0.1, 0.15) is 11.6 Å². The summed E-state index contributed by atoms with van der Waals surface area (Å²) in [6.45, 7) is 0. The van der Waals surface area contributed by atoms with Crippen molar-refractivity contribution in [2.75, 3.05) is 12.8 Å². The van der Waals surface area contributed by atoms with E-state index in [1.165, 1.54) is 5.56 Å². The smallest absolute Gasteiger partial charge is 0.123 e. The third-order valence-electron chi connectivity index (χ3n) is 3.43. The molecule has 3 rings (SSSR count). The van der Waals surface area contributed by atoms with Gasteiger partial charge in [-0.25, -0.2) is 4.98 Å². The monoisotopic (exact) mass is 276 g/mol. The fraction of sp³-hybridized carbons (Fsp3) is 0.0556. The van der Waals surface area contributed by atoms with Gasteiger partial charge in [0.15, 0.2) is 0 Å². The normalized spacial score (nSPS) is 10.3. The van der Waals surface area contributed by atoms with Crippen LogP contribution in [0.2, 0.25) is 0 Å². The van der Waals surface area contributed by atoms with Crippen LogP contribution in [0.1, 0.15) is 0 Å². The molecule has 3 heteroatoms. The van der Waals surface area contributed by atoms with E-state index in [4.69, 9.17) is 10.5 Å². The van der Waals surface area contributed by atoms with Crippen molar-refractivity contribution in [3.63, 3.8) is 0 Å². The van der Waals surface area contributed by atoms with Gasteiger partial charge in [0.25, 0.3) is 0 Å². The number of hydrogen-bond donors (Lipinski definition) is 1. The van der Waals surface area contributed by atoms with E-state index in [-0.39, 0.29) is 0 Å². The van der Waals surface area contributed by atoms with Crippen molar-refractivity contribution in [2.24, 2.45) is 0 Å². The molecule has 3 nitrogen and oxygen atoms in total. The Bertz CT molecular complexity index is 717. The fourth-order valence-electron chi connectivity index (χ4n) is 2.21. The van der Waals surface area contributed by atoms with Gasteiger partial charge in [-0.3, -0.25) is 0 Å². The first-order valence-electron chi connectivity index (χ1n) is 6.72. The van der Waals surface area contributed by atoms with E-state index in [0.29, 0.717) is 5.82 Å². The van der Waals surface area contributed by atoms with Crippen molar-refractivity contribution in [2.45, 2.75) is 0 Å². The van der Waals surface area contributed by atoms with Gasteiger partial charge in [-0.1, -0.05) is 36.4 Å². The molecular formula is C18H16N2O. The number of nitrogens with zero attached hydrogens (tertiary/aromatic N) is 1. The van der Waals surface area contributed by atoms with E-state index in [1.54, 1.807) is 13.3 Å². The summed E-state index contributed by atoms with van der Waals surface area (Å²) in [6, 6.07) is 20.2. The van der Waals surface area contributed by atoms with Crippen LogP contribution in [0.15, 0.2) is 66.9 Å². The number of aromatic nitrogens is 1. The van der Waals surface area contributed by atoms with Crippen molar-refractivity contribution >= 4 is 5.82 Å². The zero-order valence-electron chi connectivity index (χ0n) is 11.8. The van der Waals surface area contributed by atoms with Crippen LogP contribution in [0.4, 0.5) is 5.82 Å². The fourth-order valence-corrected chi connectivity index (χ4v) is 2.21. The van der Waals surface area contributed by atoms with Crippen molar-refractivity contribution in [1.82, 2.24) is 4.98 Å². The molecule has 1 heterocycles. The van der Waals surface area contributed by atoms with E-state index >= 15 is 0 Å². The van der Waals surface area contributed by atoms with Crippen molar-refractivity contribution in [1.29, 1.82) is 0 Å². The van der Waals surface area contributed by atoms with E-state index in [1.807, 2.05) is 24.3 Å². The lowest BCUT2D eigenvalue weighted by Crippen LogP contribution is -1.89. The average Bonchev–Trinajstić information content (AvgIpc) is 2.56. The van der Waals surface area contributed by atoms with Gasteiger partial charge in [-0.05, 0) is 41.0 Å². The molecule has 0 saturated heterocycles. The molecule has 0 atom stereocenters. The molecule has 3 aromatic rings. The number of pyridine rings is 1. The van der Waals surface area contributed by atoms with Crippen LogP contribution < -0.4 is 10.5 Å². The Kier molecular flexibility index (Phi) is 3.56. The number of hydrogen-bond acceptors (Lipinski definition) is 3. The maximum Gasteiger partial charge on any atom is 0.123 e. The van der Waals surface area contributed by atoms with E-state index in [0.717, 1.165) is 22.4 Å². The lowest BCUT2D eigenvalue weighted by Gasteiger charge is -2.06. The molecule has 0 saturated carbocycles. The standard InChI is InChI=1S/C18H16N2O/c1-21-17-9-6-14(7-10-17)13-2-4-15(5-3-13)16-8-11-18(19)20-12-16/h2-12H,1H3,(H2,19,20). The van der Waals surface area contributed by atoms with Crippen LogP contribution in [0, 0.1) is 0 Å². The quantitative estimate of drug-likeness (QED) is 0.786. The molecule has 0 fully saturated rings. The molecule has 0 unspecified atom stereocenters. The molecule has 1 aromatic heterocycles. The number of benzene rings is 2. The van der Waals surface area contributed by atoms with Gasteiger partial charge < -0.3 is 10.5 Å². The lowest BCUT2D eigenvalue weighted by molar-refractivity contribution is 0.415. The van der Waals surface area contributed by atoms with E-state index in [9.17, 15) is 0 Å². The molecule has 0 aliphatic carbocycles. The third-order valence-corrected chi connectivity index (χ3v) is 3.43. The van der Waals surface area contributed by atoms with Crippen molar-refractivity contribution in [3.05, 3.63) is 66.9 Å². The molecule has 0 bridgehead atoms. The minimum atomic E-state index is 0.536. The maximum atomic E-state index is 5.61. The summed E-state index contributed by atoms with van der Waals surface area (Å²) < 4.78 is 5.17. The Morgan fingerprint density at radius 2 is 1.19 bits per heavy atom. The molecule has 0 radical (unpaired) electrons. The van der Waals surface area contributed by atoms with Crippen LogP contribution >= 0.6 is 0 Å². The molecule has 2 aromatic carbocycles. The Hall–Kier alpha value is -2.81. The molecule has 0 amide bonds. The highest BCUT2D eigenvalue weighted by Gasteiger charge is 2.01. The van der Waals surface area contributed by atoms with Gasteiger partial charge in [-0.15, -0.1) is 0 Å². The molecule has 0 aliphatic rings. The van der Waals surface area contributed by atoms with Crippen LogP contribution in [-0.2, 0) is 0 Å². The van der Waals surface area contributed by atoms with Crippen molar-refractivity contribution < 1.29 is 4.74 Å². The summed E-state index contributed by atoms with van der Waals surface area (Å²) in [4.78, 5) is 4.12. The molecule has 0 aliphatic heterocycles. The highest BCUT2D eigenvalue weighted by atomic mass is 16.5. The number of anilines is 1. The van der Waals surface area contributed by atoms with Crippen LogP contribution in [-0.4, -0.2) is 12.1 Å². The molecule has 21 heavy (non-hydrogen) atoms. The molecule has 104 valence electrons. The lowest BCUT2D eigenvalue weighted by atomic mass is 10.0. The van der Waals surface area contributed by atoms with E-state index < -0.39 is 0 Å². The number of methoxy groups -OCH3 is 1. The molecule has 2 N–H and O–H groups in total. The second-order valence-electron chi connectivity index (χ2n) is 4.78. The highest BCUT2D eigenvalue weighted by Crippen LogP contribution is 2.26. The van der Waals surface area contributed by atoms with Gasteiger partial charge in [-0.2, -0.15) is 0 Å². The predicted octanol–water partition coefficient (Wildman–Crippen LogP) is 4.01. The summed E-state index contributed by atoms with van der Waals surface area (Å²) in [6.07, 6.45) is 1.79. The number of nitrogens with two attached hydrogens (primary N) is 1. The van der Waals surface area contributed by atoms with Gasteiger partial charge in [0.2, 0.25) is 0 Å². The third kappa shape index (κ3) is 2.87. The second kappa shape index (κ2) is 5.67. The Balaban J connectivity index is 1.87. The molecular weight excluding hydrogens is 260 g/mol. The number of rotatable bonds is 3. The summed E-state index contributed by atoms with van der Waals surface area (Å²) in [7, 11) is 1.67. The first kappa shape index (κ1) is 13.2. The van der Waals surface area contributed by atoms with Crippen LogP contribution in [0.5, 0.6) is 5.75 Å². The summed E-state index contributed by atoms with van der Waals surface area (Å²) in [5.74, 6) is 1.40. The van der Waals surface area contributed by atoms with Gasteiger partial charge in [0, 0.05) is 11.8 Å². The molecule has 0 spiro atoms. The SMILES string of the molecule is COc1ccc(-c2ccc(-c3ccc(N)nc3)cc2)cc1. The number of nitrogen functional groups attached to an aromatic ring is 1. The van der Waals surface area contributed by atoms with E-state index in [2.05, 4.69) is 41.4 Å². The van der Waals surface area contributed by atoms with Gasteiger partial charge >= 0.3 is 0 Å². The Morgan fingerprint density at radius 3 is 1.67 bits per heavy atom. The first-order valence-corrected chi connectivity index (χ1v) is 6.72. The zero-order chi connectivity index (χ0) is 14.7. The summed E-state index contributed by atoms with van der Waals surface area (Å²) in [5, 5.41) is 0. The minimum absolute atomic E-state index is 0.536. The highest BCUT2D eigenvalue weighted by molar-refractivity contribution is 5.70. The topological polar surface area (TPSA) is 48.1 Å². The summed E-state index contributed by atoms with van der Waals surface area (Å²) in [5.41, 5.74) is 10.1. The van der Waals surface area contributed by atoms with Crippen molar-refractivity contribution in [3.8, 4) is 28.0 Å².